The fourth-order valence-corrected chi connectivity index (χ4v) is 6.59. The third-order valence-electron chi connectivity index (χ3n) is 8.36. The van der Waals surface area contributed by atoms with Crippen molar-refractivity contribution >= 4 is 35.1 Å². The molecule has 3 aliphatic heterocycles. The van der Waals surface area contributed by atoms with Crippen LogP contribution < -0.4 is 5.32 Å². The van der Waals surface area contributed by atoms with Gasteiger partial charge in [0.15, 0.2) is 0 Å². The summed E-state index contributed by atoms with van der Waals surface area (Å²) in [4.78, 5) is 42.7. The molecule has 1 aromatic rings. The van der Waals surface area contributed by atoms with Crippen LogP contribution in [0.25, 0.3) is 0 Å². The molecule has 2 bridgehead atoms. The molecule has 0 saturated carbocycles. The molecule has 9 heteroatoms. The average molecular weight is 507 g/mol. The highest BCUT2D eigenvalue weighted by atomic mass is 35.5. The Labute approximate surface area is 211 Å². The minimum absolute atomic E-state index is 0.0663. The molecule has 1 spiro atoms. The molecule has 3 heterocycles. The Balaban J connectivity index is 1.80. The van der Waals surface area contributed by atoms with Crippen LogP contribution in [0.3, 0.4) is 0 Å². The SMILES string of the molecule is CCOC(=O)[C@@H]1[C@H]2C(=O)N([C@@H](CO)[C@@H](C)CC)C(C(=O)Nc3ccc(Cl)cc3)C23CC[C@@]1(CC)O3. The van der Waals surface area contributed by atoms with E-state index in [1.807, 2.05) is 20.8 Å². The summed E-state index contributed by atoms with van der Waals surface area (Å²) in [7, 11) is 0. The number of carbonyl (C=O) groups excluding carboxylic acids is 3. The molecule has 0 aromatic heterocycles. The van der Waals surface area contributed by atoms with Crippen LogP contribution >= 0.6 is 11.6 Å². The summed E-state index contributed by atoms with van der Waals surface area (Å²) >= 11 is 6.00. The highest BCUT2D eigenvalue weighted by Gasteiger charge is 2.79. The first-order valence-electron chi connectivity index (χ1n) is 12.6. The van der Waals surface area contributed by atoms with Gasteiger partial charge in [-0.1, -0.05) is 38.8 Å². The van der Waals surface area contributed by atoms with Gasteiger partial charge in [-0.25, -0.2) is 0 Å². The molecule has 192 valence electrons. The van der Waals surface area contributed by atoms with Gasteiger partial charge in [-0.15, -0.1) is 0 Å². The third-order valence-corrected chi connectivity index (χ3v) is 8.62. The number of aliphatic hydroxyl groups is 1. The van der Waals surface area contributed by atoms with Crippen molar-refractivity contribution in [2.45, 2.75) is 76.7 Å². The Morgan fingerprint density at radius 2 is 1.94 bits per heavy atom. The number of rotatable bonds is 9. The van der Waals surface area contributed by atoms with E-state index >= 15 is 0 Å². The average Bonchev–Trinajstić information content (AvgIpc) is 3.45. The number of anilines is 1. The summed E-state index contributed by atoms with van der Waals surface area (Å²) in [5.74, 6) is -2.88. The van der Waals surface area contributed by atoms with E-state index in [0.717, 1.165) is 0 Å². The van der Waals surface area contributed by atoms with E-state index in [2.05, 4.69) is 5.32 Å². The van der Waals surface area contributed by atoms with E-state index in [1.54, 1.807) is 31.2 Å². The van der Waals surface area contributed by atoms with Crippen LogP contribution in [0.15, 0.2) is 24.3 Å². The van der Waals surface area contributed by atoms with Crippen molar-refractivity contribution in [3.63, 3.8) is 0 Å². The maximum Gasteiger partial charge on any atom is 0.312 e. The smallest absolute Gasteiger partial charge is 0.312 e. The van der Waals surface area contributed by atoms with Crippen LogP contribution in [0.1, 0.15) is 53.4 Å². The van der Waals surface area contributed by atoms with Gasteiger partial charge in [-0.05, 0) is 56.4 Å². The van der Waals surface area contributed by atoms with E-state index in [9.17, 15) is 19.5 Å². The molecular formula is C26H35ClN2O6. The maximum absolute atomic E-state index is 14.1. The number of likely N-dealkylation sites (tertiary alicyclic amines) is 1. The first-order valence-corrected chi connectivity index (χ1v) is 12.9. The number of hydrogen-bond donors (Lipinski definition) is 2. The summed E-state index contributed by atoms with van der Waals surface area (Å²) in [5, 5.41) is 13.8. The molecule has 7 atom stereocenters. The van der Waals surface area contributed by atoms with Crippen LogP contribution in [0.2, 0.25) is 5.02 Å². The van der Waals surface area contributed by atoms with Crippen molar-refractivity contribution in [1.82, 2.24) is 4.90 Å². The first-order chi connectivity index (χ1) is 16.7. The van der Waals surface area contributed by atoms with E-state index in [1.165, 1.54) is 4.90 Å². The molecular weight excluding hydrogens is 472 g/mol. The number of ether oxygens (including phenoxy) is 2. The number of aliphatic hydroxyl groups excluding tert-OH is 1. The minimum atomic E-state index is -1.16. The van der Waals surface area contributed by atoms with Crippen LogP contribution in [-0.4, -0.2) is 64.3 Å². The Hall–Kier alpha value is -2.16. The molecule has 3 fully saturated rings. The second-order valence-corrected chi connectivity index (χ2v) is 10.4. The molecule has 2 unspecified atom stereocenters. The predicted molar refractivity (Wildman–Crippen MR) is 131 cm³/mol. The fraction of sp³-hybridized carbons (Fsp3) is 0.654. The number of carbonyl (C=O) groups is 3. The van der Waals surface area contributed by atoms with Gasteiger partial charge >= 0.3 is 5.97 Å². The van der Waals surface area contributed by atoms with Crippen molar-refractivity contribution in [3.05, 3.63) is 29.3 Å². The van der Waals surface area contributed by atoms with Crippen LogP contribution in [0.5, 0.6) is 0 Å². The van der Waals surface area contributed by atoms with E-state index < -0.39 is 47.0 Å². The van der Waals surface area contributed by atoms with E-state index in [0.29, 0.717) is 36.4 Å². The van der Waals surface area contributed by atoms with Crippen molar-refractivity contribution in [2.24, 2.45) is 17.8 Å². The van der Waals surface area contributed by atoms with E-state index in [4.69, 9.17) is 21.1 Å². The first kappa shape index (κ1) is 25.9. The molecule has 0 aliphatic carbocycles. The highest BCUT2D eigenvalue weighted by molar-refractivity contribution is 6.30. The second-order valence-electron chi connectivity index (χ2n) is 9.96. The lowest BCUT2D eigenvalue weighted by atomic mass is 9.65. The third kappa shape index (κ3) is 3.94. The van der Waals surface area contributed by atoms with Crippen LogP contribution in [-0.2, 0) is 23.9 Å². The summed E-state index contributed by atoms with van der Waals surface area (Å²) in [6, 6.07) is 5.15. The number of amides is 2. The molecule has 4 rings (SSSR count). The number of nitrogens with one attached hydrogen (secondary N) is 1. The molecule has 1 aromatic carbocycles. The Bertz CT molecular complexity index is 987. The minimum Gasteiger partial charge on any atom is -0.466 e. The van der Waals surface area contributed by atoms with Gasteiger partial charge in [0, 0.05) is 10.7 Å². The van der Waals surface area contributed by atoms with Crippen LogP contribution in [0, 0.1) is 17.8 Å². The molecule has 3 saturated heterocycles. The summed E-state index contributed by atoms with van der Waals surface area (Å²) in [5.41, 5.74) is -1.47. The Kier molecular flexibility index (Phi) is 7.19. The van der Waals surface area contributed by atoms with Gasteiger partial charge in [-0.3, -0.25) is 14.4 Å². The van der Waals surface area contributed by atoms with Crippen molar-refractivity contribution in [2.75, 3.05) is 18.5 Å². The monoisotopic (exact) mass is 506 g/mol. The summed E-state index contributed by atoms with van der Waals surface area (Å²) in [6.45, 7) is 7.49. The van der Waals surface area contributed by atoms with Gasteiger partial charge in [0.05, 0.1) is 30.8 Å². The number of nitrogens with zero attached hydrogens (tertiary/aromatic N) is 1. The van der Waals surface area contributed by atoms with Gasteiger partial charge in [0.25, 0.3) is 0 Å². The molecule has 0 radical (unpaired) electrons. The largest absolute Gasteiger partial charge is 0.466 e. The predicted octanol–water partition coefficient (Wildman–Crippen LogP) is 3.40. The maximum atomic E-state index is 14.1. The highest BCUT2D eigenvalue weighted by Crippen LogP contribution is 2.65. The van der Waals surface area contributed by atoms with Crippen LogP contribution in [0.4, 0.5) is 5.69 Å². The van der Waals surface area contributed by atoms with E-state index in [-0.39, 0.29) is 25.0 Å². The van der Waals surface area contributed by atoms with Gasteiger partial charge in [0.1, 0.15) is 17.6 Å². The molecule has 2 amide bonds. The Morgan fingerprint density at radius 3 is 2.51 bits per heavy atom. The van der Waals surface area contributed by atoms with Crippen molar-refractivity contribution in [3.8, 4) is 0 Å². The number of fused-ring (bicyclic) bond motifs is 1. The zero-order valence-electron chi connectivity index (χ0n) is 20.8. The van der Waals surface area contributed by atoms with Crippen molar-refractivity contribution < 1.29 is 29.0 Å². The molecule has 8 nitrogen and oxygen atoms in total. The zero-order chi connectivity index (χ0) is 25.5. The van der Waals surface area contributed by atoms with Gasteiger partial charge in [-0.2, -0.15) is 0 Å². The number of hydrogen-bond acceptors (Lipinski definition) is 6. The quantitative estimate of drug-likeness (QED) is 0.497. The van der Waals surface area contributed by atoms with Gasteiger partial charge < -0.3 is 24.8 Å². The normalized spacial score (nSPS) is 32.9. The summed E-state index contributed by atoms with van der Waals surface area (Å²) < 4.78 is 12.1. The standard InChI is InChI=1S/C26H35ClN2O6/c1-5-15(4)18(14-30)29-21(22(31)28-17-10-8-16(27)9-11-17)26-13-12-25(6-2,35-26)20(19(26)23(29)32)24(33)34-7-3/h8-11,15,18-21,30H,5-7,12-14H2,1-4H3,(H,28,31)/t15-,18-,19-,20-,21?,25+,26?/m0/s1. The fourth-order valence-electron chi connectivity index (χ4n) is 6.46. The Morgan fingerprint density at radius 1 is 1.26 bits per heavy atom. The second kappa shape index (κ2) is 9.71. The number of halogens is 1. The lowest BCUT2D eigenvalue weighted by Gasteiger charge is -2.39. The van der Waals surface area contributed by atoms with Gasteiger partial charge in [0.2, 0.25) is 11.8 Å². The van der Waals surface area contributed by atoms with Crippen molar-refractivity contribution in [1.29, 1.82) is 0 Å². The molecule has 2 N–H and O–H groups in total. The molecule has 3 aliphatic rings. The topological polar surface area (TPSA) is 105 Å². The lowest BCUT2D eigenvalue weighted by molar-refractivity contribution is -0.162. The lowest BCUT2D eigenvalue weighted by Crippen LogP contribution is -2.57. The zero-order valence-corrected chi connectivity index (χ0v) is 21.5. The summed E-state index contributed by atoms with van der Waals surface area (Å²) in [6.07, 6.45) is 2.27. The number of benzene rings is 1. The molecule has 35 heavy (non-hydrogen) atoms. The number of esters is 1.